The molecule has 0 bridgehead atoms. The van der Waals surface area contributed by atoms with E-state index in [0.29, 0.717) is 22.3 Å². The van der Waals surface area contributed by atoms with Crippen LogP contribution >= 0.6 is 17.2 Å². The molecular formula is C52H45Cl2F6HfSi. The van der Waals surface area contributed by atoms with E-state index >= 15 is 0 Å². The first-order chi connectivity index (χ1) is 29.0. The van der Waals surface area contributed by atoms with Crippen molar-refractivity contribution in [3.63, 3.8) is 0 Å². The van der Waals surface area contributed by atoms with Crippen LogP contribution in [-0.2, 0) is 28.5 Å². The Morgan fingerprint density at radius 2 is 0.839 bits per heavy atom. The number of hydrogen-bond acceptors (Lipinski definition) is 0. The summed E-state index contributed by atoms with van der Waals surface area (Å²) in [6.07, 6.45) is -5.12. The van der Waals surface area contributed by atoms with Gasteiger partial charge in [0.25, 0.3) is 0 Å². The average Bonchev–Trinajstić information content (AvgIpc) is 3.93. The molecule has 2 unspecified atom stereocenters. The number of alkyl halides is 6. The zero-order chi connectivity index (χ0) is 44.4. The van der Waals surface area contributed by atoms with E-state index in [2.05, 4.69) is 65.8 Å². The zero-order valence-corrected chi connectivity index (χ0v) is 41.7. The Morgan fingerprint density at radius 1 is 0.452 bits per heavy atom. The van der Waals surface area contributed by atoms with Crippen LogP contribution in [0.25, 0.3) is 45.5 Å². The number of halogens is 8. The van der Waals surface area contributed by atoms with Gasteiger partial charge < -0.3 is 0 Å². The van der Waals surface area contributed by atoms with Gasteiger partial charge in [0, 0.05) is 0 Å². The summed E-state index contributed by atoms with van der Waals surface area (Å²) in [5.41, 5.74) is 5.40. The molecule has 0 N–H and O–H groups in total. The fraction of sp³-hybridized carbons (Fsp3) is 0.231. The predicted octanol–water partition coefficient (Wildman–Crippen LogP) is 14.1. The van der Waals surface area contributed by atoms with Gasteiger partial charge >= 0.3 is 372 Å². The van der Waals surface area contributed by atoms with Crippen LogP contribution in [0, 0.1) is 10.8 Å². The molecule has 3 aliphatic rings. The van der Waals surface area contributed by atoms with E-state index in [9.17, 15) is 43.5 Å². The molecule has 0 nitrogen and oxygen atoms in total. The quantitative estimate of drug-likeness (QED) is 0.119. The van der Waals surface area contributed by atoms with Gasteiger partial charge in [0.05, 0.1) is 0 Å². The Morgan fingerprint density at radius 3 is 1.29 bits per heavy atom. The van der Waals surface area contributed by atoms with Crippen molar-refractivity contribution in [2.24, 2.45) is 10.8 Å². The van der Waals surface area contributed by atoms with Crippen molar-refractivity contribution < 1.29 is 42.5 Å². The summed E-state index contributed by atoms with van der Waals surface area (Å²) < 4.78 is 88.3. The summed E-state index contributed by atoms with van der Waals surface area (Å²) in [7, 11) is 17.2. The topological polar surface area (TPSA) is 0 Å². The molecule has 2 aliphatic carbocycles. The first-order valence-corrected chi connectivity index (χ1v) is 37.1. The molecule has 1 heterocycles. The third-order valence-electron chi connectivity index (χ3n) is 13.3. The molecule has 9 rings (SSSR count). The summed E-state index contributed by atoms with van der Waals surface area (Å²) in [4.78, 5) is 0. The first kappa shape index (κ1) is 43.3. The fourth-order valence-electron chi connectivity index (χ4n) is 10.7. The van der Waals surface area contributed by atoms with Crippen LogP contribution in [0.1, 0.15) is 82.3 Å². The minimum atomic E-state index is -6.45. The third-order valence-corrected chi connectivity index (χ3v) is 44.6. The standard InChI is InChI=1S/2C20H18F3.C12H9Si.2ClH.Hf/c2*1-19(2,3)14-11-13-7-6-9-15(17(13)12-14)16-8-4-5-10-18(16)20(21,22)23;1-3-7-11-9(5-1)10-6-2-4-8-12(10)13-11;;;/h2*4-12H,1-3H3;1-7H,13H2;2*1H;/q;;;;;+2/p-2. The normalized spacial score (nSPS) is 18.4. The monoisotopic (exact) mass is 1060 g/mol. The van der Waals surface area contributed by atoms with E-state index in [1.807, 2.05) is 54.6 Å². The van der Waals surface area contributed by atoms with Gasteiger partial charge in [0.1, 0.15) is 0 Å². The maximum atomic E-state index is 14.8. The van der Waals surface area contributed by atoms with Crippen LogP contribution < -0.4 is 13.7 Å². The van der Waals surface area contributed by atoms with Crippen molar-refractivity contribution >= 4 is 52.5 Å². The second-order valence-electron chi connectivity index (χ2n) is 19.1. The molecule has 0 aromatic heterocycles. The molecule has 0 spiro atoms. The van der Waals surface area contributed by atoms with Gasteiger partial charge in [-0.2, -0.15) is 0 Å². The fourth-order valence-corrected chi connectivity index (χ4v) is 50.4. The molecule has 317 valence electrons. The summed E-state index contributed by atoms with van der Waals surface area (Å²) in [6, 6.07) is 37.1. The van der Waals surface area contributed by atoms with Crippen molar-refractivity contribution in [1.82, 2.24) is 0 Å². The van der Waals surface area contributed by atoms with Gasteiger partial charge in [0.2, 0.25) is 0 Å². The van der Waals surface area contributed by atoms with Crippen molar-refractivity contribution in [3.05, 3.63) is 172 Å². The SMILES string of the molecule is CC(C)(C)C1=Cc2c(-c3ccccc3C(F)(F)F)cccc2[CH]1[Hf]([Cl])([Cl])([c]1cccc2c1[SiH2]c1ccccc1-2)[CH]1C(C(C)(C)C)=Cc2c(-c3ccccc3C(F)(F)F)cccc21. The van der Waals surface area contributed by atoms with E-state index in [1.165, 1.54) is 29.5 Å². The molecule has 0 saturated carbocycles. The Kier molecular flexibility index (Phi) is 10.2. The second-order valence-corrected chi connectivity index (χ2v) is 50.2. The average molecular weight is 1060 g/mol. The molecule has 10 heteroatoms. The summed E-state index contributed by atoms with van der Waals surface area (Å²) in [5.74, 6) is 0. The van der Waals surface area contributed by atoms with Gasteiger partial charge in [-0.05, 0) is 0 Å². The van der Waals surface area contributed by atoms with E-state index in [4.69, 9.17) is 0 Å². The molecule has 6 aromatic carbocycles. The van der Waals surface area contributed by atoms with Gasteiger partial charge in [-0.25, -0.2) is 0 Å². The molecule has 1 aliphatic heterocycles. The Labute approximate surface area is 369 Å². The second kappa shape index (κ2) is 14.5. The number of hydrogen-bond donors (Lipinski definition) is 0. The van der Waals surface area contributed by atoms with Crippen LogP contribution in [0.4, 0.5) is 26.3 Å². The van der Waals surface area contributed by atoms with Crippen molar-refractivity contribution in [2.45, 2.75) is 61.2 Å². The van der Waals surface area contributed by atoms with E-state index in [0.717, 1.165) is 54.0 Å². The van der Waals surface area contributed by atoms with E-state index in [1.54, 1.807) is 24.3 Å². The Balaban J connectivity index is 1.41. The molecule has 0 saturated heterocycles. The third kappa shape index (κ3) is 6.71. The Hall–Kier alpha value is -3.95. The van der Waals surface area contributed by atoms with Crippen LogP contribution in [0.5, 0.6) is 0 Å². The van der Waals surface area contributed by atoms with Crippen molar-refractivity contribution in [1.29, 1.82) is 0 Å². The predicted molar refractivity (Wildman–Crippen MR) is 245 cm³/mol. The number of allylic oxidation sites excluding steroid dienone is 2. The summed E-state index contributed by atoms with van der Waals surface area (Å²) >= 11 is -6.45. The van der Waals surface area contributed by atoms with Crippen LogP contribution in [0.3, 0.4) is 0 Å². The molecule has 0 radical (unpaired) electrons. The van der Waals surface area contributed by atoms with Crippen LogP contribution in [0.15, 0.2) is 139 Å². The summed E-state index contributed by atoms with van der Waals surface area (Å²) in [6.45, 7) is 12.6. The molecule has 62 heavy (non-hydrogen) atoms. The van der Waals surface area contributed by atoms with Gasteiger partial charge in [-0.3, -0.25) is 0 Å². The van der Waals surface area contributed by atoms with Crippen LogP contribution in [-0.4, -0.2) is 9.52 Å². The zero-order valence-electron chi connectivity index (χ0n) is 35.2. The first-order valence-electron chi connectivity index (χ1n) is 20.8. The summed E-state index contributed by atoms with van der Waals surface area (Å²) in [5, 5.41) is 2.44. The van der Waals surface area contributed by atoms with Crippen LogP contribution in [0.2, 0.25) is 0 Å². The number of benzene rings is 6. The van der Waals surface area contributed by atoms with Gasteiger partial charge in [-0.15, -0.1) is 0 Å². The Bertz CT molecular complexity index is 2750. The molecule has 0 fully saturated rings. The van der Waals surface area contributed by atoms with E-state index in [-0.39, 0.29) is 11.1 Å². The number of rotatable bonds is 5. The molecule has 2 atom stereocenters. The van der Waals surface area contributed by atoms with Gasteiger partial charge in [0.15, 0.2) is 0 Å². The molecule has 0 amide bonds. The van der Waals surface area contributed by atoms with Gasteiger partial charge in [-0.1, -0.05) is 0 Å². The maximum absolute atomic E-state index is 14.8. The van der Waals surface area contributed by atoms with Crippen molar-refractivity contribution in [2.75, 3.05) is 0 Å². The molecular weight excluding hydrogens is 1020 g/mol. The van der Waals surface area contributed by atoms with Crippen molar-refractivity contribution in [3.8, 4) is 33.4 Å². The minimum absolute atomic E-state index is 0.0695. The van der Waals surface area contributed by atoms with E-state index < -0.39 is 67.3 Å². The number of fused-ring (bicyclic) bond motifs is 5. The molecule has 6 aromatic rings.